The summed E-state index contributed by atoms with van der Waals surface area (Å²) in [6, 6.07) is 27.2. The number of para-hydroxylation sites is 1. The predicted octanol–water partition coefficient (Wildman–Crippen LogP) is 12.9. The number of amides is 3. The molecule has 6 fully saturated rings. The molecule has 3 N–H and O–H groups in total. The Balaban J connectivity index is 0.000000179. The zero-order valence-electron chi connectivity index (χ0n) is 53.5. The van der Waals surface area contributed by atoms with Gasteiger partial charge in [0, 0.05) is 93.1 Å². The molecule has 3 saturated carbocycles. The monoisotopic (exact) mass is 1330 g/mol. The number of halogens is 4. The van der Waals surface area contributed by atoms with Gasteiger partial charge in [-0.25, -0.2) is 23.7 Å². The number of aromatic nitrogens is 7. The number of benzene rings is 4. The number of carbonyl (C=O) groups excluding carboxylic acids is 3. The van der Waals surface area contributed by atoms with Gasteiger partial charge in [-0.05, 0) is 185 Å². The maximum Gasteiger partial charge on any atom is 0.256 e. The molecule has 7 aromatic rings. The van der Waals surface area contributed by atoms with Crippen LogP contribution in [0.1, 0.15) is 155 Å². The fraction of sp³-hybridized carbons (Fsp3) is 0.556. The number of fused-ring (bicyclic) bond motifs is 1. The van der Waals surface area contributed by atoms with Crippen LogP contribution < -0.4 is 16.0 Å². The van der Waals surface area contributed by atoms with Crippen molar-refractivity contribution in [3.8, 4) is 0 Å². The molecule has 2 atom stereocenters. The number of nitrogens with zero attached hydrogens (tertiary/aromatic N) is 10. The SMILES string of the molecule is O=C([C@@H](Cc1ccc(Cl)cc1)NC1CCC(NCc2nc3ccccc3s2)CC1)N1CCC(Cn2cncn2)(C2CCCCC2)CC1.O=C(c1ccc(F)cc1F)N1CCC(N[C@H](Cc2ccc(Cl)cc2)C(=O)N2CCC(Cn3cncn3)(C3CCCCC3)CC2)CC1. The van der Waals surface area contributed by atoms with E-state index in [0.717, 1.165) is 123 Å². The molecule has 93 heavy (non-hydrogen) atoms. The summed E-state index contributed by atoms with van der Waals surface area (Å²) in [7, 11) is 0. The first-order valence-electron chi connectivity index (χ1n) is 34.4. The van der Waals surface area contributed by atoms with Crippen LogP contribution in [0.3, 0.4) is 0 Å². The van der Waals surface area contributed by atoms with Gasteiger partial charge >= 0.3 is 0 Å². The maximum atomic E-state index is 14.3. The van der Waals surface area contributed by atoms with Gasteiger partial charge in [0.2, 0.25) is 11.8 Å². The second kappa shape index (κ2) is 31.6. The number of carbonyl (C=O) groups is 3. The predicted molar refractivity (Wildman–Crippen MR) is 362 cm³/mol. The summed E-state index contributed by atoms with van der Waals surface area (Å²) in [5.74, 6) is -0.341. The zero-order valence-corrected chi connectivity index (χ0v) is 55.9. The van der Waals surface area contributed by atoms with Crippen LogP contribution >= 0.6 is 34.5 Å². The Hall–Kier alpha value is -6.22. The topological polar surface area (TPSA) is 171 Å². The van der Waals surface area contributed by atoms with Crippen LogP contribution in [-0.4, -0.2) is 136 Å². The van der Waals surface area contributed by atoms with Crippen molar-refractivity contribution in [2.75, 3.05) is 39.3 Å². The van der Waals surface area contributed by atoms with Gasteiger partial charge in [-0.15, -0.1) is 11.3 Å². The minimum Gasteiger partial charge on any atom is -0.341 e. The Kier molecular flexibility index (Phi) is 22.7. The molecule has 13 rings (SSSR count). The van der Waals surface area contributed by atoms with Gasteiger partial charge in [-0.3, -0.25) is 23.7 Å². The summed E-state index contributed by atoms with van der Waals surface area (Å²) in [4.78, 5) is 60.6. The average molecular weight is 1330 g/mol. The Labute approximate surface area is 560 Å². The normalized spacial score (nSPS) is 21.4. The first-order valence-corrected chi connectivity index (χ1v) is 36.0. The highest BCUT2D eigenvalue weighted by Crippen LogP contribution is 2.49. The Morgan fingerprint density at radius 2 is 1.04 bits per heavy atom. The van der Waals surface area contributed by atoms with E-state index in [-0.39, 0.29) is 40.3 Å². The number of hydrogen-bond acceptors (Lipinski definition) is 12. The maximum absolute atomic E-state index is 14.3. The molecular weight excluding hydrogens is 1240 g/mol. The molecule has 6 heterocycles. The van der Waals surface area contributed by atoms with E-state index in [2.05, 4.69) is 77.4 Å². The molecule has 3 aliphatic heterocycles. The van der Waals surface area contributed by atoms with E-state index in [0.29, 0.717) is 80.8 Å². The lowest BCUT2D eigenvalue weighted by atomic mass is 9.63. The minimum absolute atomic E-state index is 0.0156. The Bertz CT molecular complexity index is 3470. The van der Waals surface area contributed by atoms with Crippen LogP contribution in [-0.2, 0) is 42.1 Å². The Morgan fingerprint density at radius 1 is 0.559 bits per heavy atom. The van der Waals surface area contributed by atoms with Gasteiger partial charge in [0.05, 0.1) is 27.9 Å². The fourth-order valence-electron chi connectivity index (χ4n) is 16.4. The lowest BCUT2D eigenvalue weighted by Crippen LogP contribution is -2.56. The highest BCUT2D eigenvalue weighted by atomic mass is 35.5. The first kappa shape index (κ1) is 66.8. The van der Waals surface area contributed by atoms with Crippen molar-refractivity contribution in [1.82, 2.24) is 65.2 Å². The number of piperidine rings is 3. The number of hydrogen-bond donors (Lipinski definition) is 3. The fourth-order valence-corrected chi connectivity index (χ4v) is 17.5. The lowest BCUT2D eigenvalue weighted by Gasteiger charge is -2.48. The van der Waals surface area contributed by atoms with Crippen molar-refractivity contribution in [2.45, 2.75) is 191 Å². The van der Waals surface area contributed by atoms with Crippen LogP contribution in [0.15, 0.2) is 116 Å². The van der Waals surface area contributed by atoms with E-state index in [1.54, 1.807) is 28.9 Å². The molecule has 21 heteroatoms. The van der Waals surface area contributed by atoms with Crippen molar-refractivity contribution >= 4 is 62.5 Å². The van der Waals surface area contributed by atoms with Crippen molar-refractivity contribution in [1.29, 1.82) is 0 Å². The highest BCUT2D eigenvalue weighted by molar-refractivity contribution is 7.18. The molecule has 0 unspecified atom stereocenters. The lowest BCUT2D eigenvalue weighted by molar-refractivity contribution is -0.138. The number of nitrogens with one attached hydrogen (secondary N) is 3. The number of rotatable bonds is 20. The molecule has 3 amide bonds. The van der Waals surface area contributed by atoms with Gasteiger partial charge in [-0.2, -0.15) is 10.2 Å². The molecule has 496 valence electrons. The largest absolute Gasteiger partial charge is 0.341 e. The average Bonchev–Trinajstić information content (AvgIpc) is 2.00. The van der Waals surface area contributed by atoms with Crippen molar-refractivity contribution in [3.63, 3.8) is 0 Å². The van der Waals surface area contributed by atoms with Crippen LogP contribution in [0.5, 0.6) is 0 Å². The van der Waals surface area contributed by atoms with Crippen LogP contribution in [0.25, 0.3) is 10.2 Å². The summed E-state index contributed by atoms with van der Waals surface area (Å²) < 4.78 is 32.9. The molecule has 0 radical (unpaired) electrons. The molecule has 3 aliphatic carbocycles. The summed E-state index contributed by atoms with van der Waals surface area (Å²) >= 11 is 14.2. The second-order valence-electron chi connectivity index (χ2n) is 27.5. The summed E-state index contributed by atoms with van der Waals surface area (Å²) in [5.41, 5.74) is 3.42. The summed E-state index contributed by atoms with van der Waals surface area (Å²) in [5, 5.41) is 22.7. The quantitative estimate of drug-likeness (QED) is 0.0663. The van der Waals surface area contributed by atoms with E-state index in [1.807, 2.05) is 63.3 Å². The zero-order chi connectivity index (χ0) is 64.2. The van der Waals surface area contributed by atoms with E-state index in [9.17, 15) is 23.2 Å². The molecule has 0 spiro atoms. The van der Waals surface area contributed by atoms with E-state index < -0.39 is 23.6 Å². The van der Waals surface area contributed by atoms with Crippen molar-refractivity contribution in [3.05, 3.63) is 160 Å². The second-order valence-corrected chi connectivity index (χ2v) is 29.5. The van der Waals surface area contributed by atoms with Crippen LogP contribution in [0.4, 0.5) is 8.78 Å². The Morgan fingerprint density at radius 3 is 1.52 bits per heavy atom. The standard InChI is InChI=1S/C37H48ClN7OS.C35H43ClF2N6O2/c38-29-12-10-27(11-13-29)22-33(42-31-16-14-30(15-17-31)40-23-35-43-32-8-4-5-9-34(32)47-35)36(46)44-20-18-37(19-21-44,24-45-26-39-25-41-45)28-6-2-1-3-7-28;36-27-8-6-25(7-9-27)20-32(41-29-12-16-42(17-13-29)33(45)30-11-10-28(37)21-31(30)38)34(46)43-18-14-35(15-19-43,22-44-24-39-23-40-44)26-4-2-1-3-5-26/h4-5,8-13,25-26,28,30-31,33,40,42H,1-3,6-7,14-24H2;6-11,21,23-24,26,29,32,41H,1-5,12-20,22H2/t30?,31?,33-;32-/m11/s1. The van der Waals surface area contributed by atoms with E-state index >= 15 is 0 Å². The molecule has 3 aromatic heterocycles. The first-order chi connectivity index (χ1) is 45.3. The van der Waals surface area contributed by atoms with Gasteiger partial charge in [0.15, 0.2) is 0 Å². The number of thiazole rings is 1. The van der Waals surface area contributed by atoms with Crippen LogP contribution in [0.2, 0.25) is 10.0 Å². The van der Waals surface area contributed by atoms with Gasteiger partial charge in [-0.1, -0.05) is 98.1 Å². The summed E-state index contributed by atoms with van der Waals surface area (Å²) in [6.45, 7) is 6.44. The van der Waals surface area contributed by atoms with E-state index in [1.165, 1.54) is 75.0 Å². The van der Waals surface area contributed by atoms with Crippen molar-refractivity contribution in [2.24, 2.45) is 22.7 Å². The third-order valence-electron chi connectivity index (χ3n) is 21.7. The molecule has 0 bridgehead atoms. The van der Waals surface area contributed by atoms with Gasteiger partial charge < -0.3 is 30.7 Å². The minimum atomic E-state index is -0.853. The van der Waals surface area contributed by atoms with E-state index in [4.69, 9.17) is 28.2 Å². The summed E-state index contributed by atoms with van der Waals surface area (Å²) in [6.07, 6.45) is 30.5. The highest BCUT2D eigenvalue weighted by Gasteiger charge is 2.46. The molecule has 16 nitrogen and oxygen atoms in total. The molecule has 4 aromatic carbocycles. The third kappa shape index (κ3) is 17.3. The molecule has 3 saturated heterocycles. The molecule has 6 aliphatic rings. The third-order valence-corrected chi connectivity index (χ3v) is 23.2. The van der Waals surface area contributed by atoms with Crippen molar-refractivity contribution < 1.29 is 23.2 Å². The van der Waals surface area contributed by atoms with Gasteiger partial charge in [0.25, 0.3) is 5.91 Å². The molecular formula is C72H91Cl2F2N13O3S. The number of likely N-dealkylation sites (tertiary alicyclic amines) is 3. The smallest absolute Gasteiger partial charge is 0.256 e. The van der Waals surface area contributed by atoms with Gasteiger partial charge in [0.1, 0.15) is 42.0 Å². The van der Waals surface area contributed by atoms with Crippen LogP contribution in [0, 0.1) is 34.3 Å².